The van der Waals surface area contributed by atoms with Gasteiger partial charge in [0.15, 0.2) is 12.6 Å². The maximum absolute atomic E-state index is 13.2. The van der Waals surface area contributed by atoms with Gasteiger partial charge in [-0.1, -0.05) is 299 Å². The molecule has 0 aromatic heterocycles. The standard InChI is InChI=1S/C94H184N4O12/c1-9-17-23-29-35-37-39-45-53-79-103-89(99)63-49-47-61-87(15-7)97(69-51-59-81-105-91(101)65-67-93(107-83-55-41-31-25-19-11-3)108-84-56-42-32-26-20-12-4)77-75-95-71-73-96(74-72-95)76-78-98(88(16-8)62-48-50-64-90(100)104-80-54-46-40-38-36-30-24-18-10-2)70-52-60-82-106-92(102)66-68-94(109-85-57-43-33-27-21-13-5)110-86-58-44-34-28-22-14-6/h87-88,93-94H,9-86H2,1-8H3. The van der Waals surface area contributed by atoms with Crippen molar-refractivity contribution in [2.75, 3.05) is 118 Å². The third-order valence-electron chi connectivity index (χ3n) is 22.8. The number of carbonyl (C=O) groups is 4. The molecule has 1 saturated heterocycles. The number of nitrogens with zero attached hydrogens (tertiary/aromatic N) is 4. The van der Waals surface area contributed by atoms with Crippen LogP contribution in [0.4, 0.5) is 0 Å². The van der Waals surface area contributed by atoms with E-state index >= 15 is 0 Å². The lowest BCUT2D eigenvalue weighted by Crippen LogP contribution is -2.51. The zero-order valence-corrected chi connectivity index (χ0v) is 74.2. The van der Waals surface area contributed by atoms with Crippen molar-refractivity contribution in [3.8, 4) is 0 Å². The van der Waals surface area contributed by atoms with Crippen LogP contribution in [0.2, 0.25) is 0 Å². The zero-order chi connectivity index (χ0) is 79.7. The average molecular weight is 1560 g/mol. The molecule has 1 fully saturated rings. The fraction of sp³-hybridized carbons (Fsp3) is 0.957. The van der Waals surface area contributed by atoms with Crippen LogP contribution in [-0.4, -0.2) is 186 Å². The van der Waals surface area contributed by atoms with Gasteiger partial charge in [-0.3, -0.25) is 38.8 Å². The number of rotatable bonds is 88. The molecule has 0 radical (unpaired) electrons. The molecule has 0 aromatic rings. The van der Waals surface area contributed by atoms with Crippen LogP contribution in [0.5, 0.6) is 0 Å². The Kier molecular flexibility index (Phi) is 79.7. The molecule has 2 atom stereocenters. The summed E-state index contributed by atoms with van der Waals surface area (Å²) < 4.78 is 48.2. The molecule has 1 aliphatic rings. The predicted octanol–water partition coefficient (Wildman–Crippen LogP) is 24.4. The van der Waals surface area contributed by atoms with Gasteiger partial charge in [0.2, 0.25) is 0 Å². The normalized spacial score (nSPS) is 13.6. The summed E-state index contributed by atoms with van der Waals surface area (Å²) in [7, 11) is 0. The summed E-state index contributed by atoms with van der Waals surface area (Å²) in [6.07, 6.45) is 64.7. The van der Waals surface area contributed by atoms with E-state index in [0.717, 1.165) is 194 Å². The van der Waals surface area contributed by atoms with E-state index in [1.165, 1.54) is 218 Å². The van der Waals surface area contributed by atoms with Gasteiger partial charge in [-0.05, 0) is 116 Å². The van der Waals surface area contributed by atoms with Gasteiger partial charge in [-0.25, -0.2) is 0 Å². The van der Waals surface area contributed by atoms with Crippen LogP contribution in [0.15, 0.2) is 0 Å². The Morgan fingerprint density at radius 3 is 0.727 bits per heavy atom. The minimum Gasteiger partial charge on any atom is -0.466 e. The first kappa shape index (κ1) is 106. The highest BCUT2D eigenvalue weighted by molar-refractivity contribution is 5.70. The quantitative estimate of drug-likeness (QED) is 0.0245. The molecule has 1 aliphatic heterocycles. The van der Waals surface area contributed by atoms with Crippen molar-refractivity contribution >= 4 is 23.9 Å². The lowest BCUT2D eigenvalue weighted by Gasteiger charge is -2.39. The summed E-state index contributed by atoms with van der Waals surface area (Å²) in [4.78, 5) is 62.9. The van der Waals surface area contributed by atoms with Crippen molar-refractivity contribution in [3.63, 3.8) is 0 Å². The van der Waals surface area contributed by atoms with Gasteiger partial charge in [-0.2, -0.15) is 0 Å². The molecule has 110 heavy (non-hydrogen) atoms. The Bertz CT molecular complexity index is 1780. The molecule has 16 nitrogen and oxygen atoms in total. The second-order valence-corrected chi connectivity index (χ2v) is 32.8. The Hall–Kier alpha value is -2.44. The number of hydrogen-bond acceptors (Lipinski definition) is 16. The number of carbonyl (C=O) groups excluding carboxylic acids is 4. The van der Waals surface area contributed by atoms with Gasteiger partial charge < -0.3 is 37.9 Å². The Balaban J connectivity index is 3.03. The Labute approximate surface area is 680 Å². The van der Waals surface area contributed by atoms with Crippen LogP contribution >= 0.6 is 0 Å². The number of hydrogen-bond donors (Lipinski definition) is 0. The highest BCUT2D eigenvalue weighted by Crippen LogP contribution is 2.22. The second-order valence-electron chi connectivity index (χ2n) is 32.8. The molecule has 1 rings (SSSR count). The molecule has 652 valence electrons. The largest absolute Gasteiger partial charge is 0.466 e. The van der Waals surface area contributed by atoms with Gasteiger partial charge in [0.25, 0.3) is 0 Å². The highest BCUT2D eigenvalue weighted by atomic mass is 16.7. The molecule has 0 saturated carbocycles. The first-order chi connectivity index (χ1) is 54.1. The molecule has 0 N–H and O–H groups in total. The van der Waals surface area contributed by atoms with Crippen molar-refractivity contribution in [2.24, 2.45) is 0 Å². The van der Waals surface area contributed by atoms with E-state index in [2.05, 4.69) is 75.0 Å². The summed E-state index contributed by atoms with van der Waals surface area (Å²) in [6, 6.07) is 0.816. The predicted molar refractivity (Wildman–Crippen MR) is 461 cm³/mol. The van der Waals surface area contributed by atoms with Gasteiger partial charge >= 0.3 is 23.9 Å². The number of esters is 4. The van der Waals surface area contributed by atoms with E-state index < -0.39 is 0 Å². The fourth-order valence-corrected chi connectivity index (χ4v) is 15.3. The van der Waals surface area contributed by atoms with Gasteiger partial charge in [0.1, 0.15) is 0 Å². The van der Waals surface area contributed by atoms with E-state index in [1.54, 1.807) is 0 Å². The molecule has 0 amide bonds. The first-order valence-corrected chi connectivity index (χ1v) is 48.1. The third-order valence-corrected chi connectivity index (χ3v) is 22.8. The van der Waals surface area contributed by atoms with Crippen molar-refractivity contribution in [1.29, 1.82) is 0 Å². The van der Waals surface area contributed by atoms with Crippen LogP contribution < -0.4 is 0 Å². The molecule has 0 aromatic carbocycles. The molecule has 0 aliphatic carbocycles. The summed E-state index contributed by atoms with van der Waals surface area (Å²) in [5.74, 6) is -0.444. The minimum atomic E-state index is -0.371. The SMILES string of the molecule is CCCCCCCCCCCOC(=O)CCCCC(CC)N(CCCCOC(=O)CCC(OCCCCCCCC)OCCCCCCCC)CCN1CCN(CCN(CCCCOC(=O)CCC(OCCCCCCCC)OCCCCCCCC)C(CC)CCCCC(=O)OCCCCCCCCCCC)CC1. The Morgan fingerprint density at radius 2 is 0.473 bits per heavy atom. The summed E-state index contributed by atoms with van der Waals surface area (Å²) >= 11 is 0. The summed E-state index contributed by atoms with van der Waals surface area (Å²) in [5, 5.41) is 0. The van der Waals surface area contributed by atoms with E-state index in [0.29, 0.717) is 103 Å². The lowest BCUT2D eigenvalue weighted by molar-refractivity contribution is -0.159. The van der Waals surface area contributed by atoms with Crippen molar-refractivity contribution in [1.82, 2.24) is 19.6 Å². The molecule has 1 heterocycles. The average Bonchev–Trinajstić information content (AvgIpc) is 0.892. The number of piperazine rings is 1. The van der Waals surface area contributed by atoms with Crippen LogP contribution in [0, 0.1) is 0 Å². The number of ether oxygens (including phenoxy) is 8. The molecule has 2 unspecified atom stereocenters. The monoisotopic (exact) mass is 1560 g/mol. The van der Waals surface area contributed by atoms with E-state index in [9.17, 15) is 19.2 Å². The Morgan fingerprint density at radius 1 is 0.245 bits per heavy atom. The second kappa shape index (κ2) is 83.1. The smallest absolute Gasteiger partial charge is 0.305 e. The first-order valence-electron chi connectivity index (χ1n) is 48.1. The topological polar surface area (TPSA) is 155 Å². The highest BCUT2D eigenvalue weighted by Gasteiger charge is 2.24. The van der Waals surface area contributed by atoms with Crippen molar-refractivity contribution in [2.45, 2.75) is 465 Å². The van der Waals surface area contributed by atoms with Gasteiger partial charge in [0, 0.05) is 117 Å². The summed E-state index contributed by atoms with van der Waals surface area (Å²) in [6.45, 7) is 32.8. The van der Waals surface area contributed by atoms with Gasteiger partial charge in [0.05, 0.1) is 39.3 Å². The van der Waals surface area contributed by atoms with E-state index in [1.807, 2.05) is 0 Å². The van der Waals surface area contributed by atoms with Gasteiger partial charge in [-0.15, -0.1) is 0 Å². The van der Waals surface area contributed by atoms with Crippen molar-refractivity contribution < 1.29 is 57.1 Å². The van der Waals surface area contributed by atoms with Crippen molar-refractivity contribution in [3.05, 3.63) is 0 Å². The maximum Gasteiger partial charge on any atom is 0.305 e. The summed E-state index contributed by atoms with van der Waals surface area (Å²) in [5.41, 5.74) is 0. The number of unbranched alkanes of at least 4 members (excludes halogenated alkanes) is 40. The van der Waals surface area contributed by atoms with Crippen LogP contribution in [-0.2, 0) is 57.1 Å². The third kappa shape index (κ3) is 68.8. The molecule has 0 spiro atoms. The molecule has 0 bridgehead atoms. The van der Waals surface area contributed by atoms with E-state index in [-0.39, 0.29) is 36.5 Å². The molecule has 16 heteroatoms. The molecular weight excluding hydrogens is 1380 g/mol. The zero-order valence-electron chi connectivity index (χ0n) is 74.2. The van der Waals surface area contributed by atoms with Crippen LogP contribution in [0.25, 0.3) is 0 Å². The van der Waals surface area contributed by atoms with Crippen LogP contribution in [0.3, 0.4) is 0 Å². The van der Waals surface area contributed by atoms with Crippen LogP contribution in [0.1, 0.15) is 441 Å². The van der Waals surface area contributed by atoms with E-state index in [4.69, 9.17) is 37.9 Å². The lowest BCUT2D eigenvalue weighted by atomic mass is 10.0. The maximum atomic E-state index is 13.2. The minimum absolute atomic E-state index is 0.0532. The fourth-order valence-electron chi connectivity index (χ4n) is 15.3. The molecular formula is C94H184N4O12.